The highest BCUT2D eigenvalue weighted by Crippen LogP contribution is 2.12. The van der Waals surface area contributed by atoms with E-state index >= 15 is 0 Å². The Morgan fingerprint density at radius 3 is 2.38 bits per heavy atom. The predicted molar refractivity (Wildman–Crippen MR) is 54.2 cm³/mol. The molecule has 0 aromatic carbocycles. The molecule has 0 radical (unpaired) electrons. The topological polar surface area (TPSA) is 69.7 Å². The van der Waals surface area contributed by atoms with Gasteiger partial charge in [0.1, 0.15) is 11.2 Å². The second kappa shape index (κ2) is 4.40. The minimum Gasteiger partial charge on any atom is -0.292 e. The number of allylic oxidation sites excluding steroid dienone is 3. The molecule has 5 nitrogen and oxygen atoms in total. The Morgan fingerprint density at radius 2 is 1.81 bits per heavy atom. The van der Waals surface area contributed by atoms with Crippen molar-refractivity contribution in [3.8, 4) is 0 Å². The van der Waals surface area contributed by atoms with Crippen LogP contribution in [0.5, 0.6) is 0 Å². The van der Waals surface area contributed by atoms with Gasteiger partial charge in [-0.15, -0.1) is 0 Å². The highest BCUT2D eigenvalue weighted by atomic mass is 17.2. The van der Waals surface area contributed by atoms with E-state index in [0.29, 0.717) is 0 Å². The summed E-state index contributed by atoms with van der Waals surface area (Å²) >= 11 is 0. The van der Waals surface area contributed by atoms with Gasteiger partial charge in [-0.05, 0) is 32.9 Å². The first-order chi connectivity index (χ1) is 7.29. The van der Waals surface area contributed by atoms with Crippen LogP contribution in [0.1, 0.15) is 20.8 Å². The lowest BCUT2D eigenvalue weighted by molar-refractivity contribution is -0.317. The number of rotatable bonds is 2. The maximum absolute atomic E-state index is 11.4. The van der Waals surface area contributed by atoms with Crippen LogP contribution in [0.25, 0.3) is 0 Å². The van der Waals surface area contributed by atoms with E-state index in [1.807, 2.05) is 0 Å². The van der Waals surface area contributed by atoms with Crippen LogP contribution in [0, 0.1) is 0 Å². The van der Waals surface area contributed by atoms with Crippen LogP contribution in [-0.2, 0) is 24.2 Å². The minimum absolute atomic E-state index is 0.322. The van der Waals surface area contributed by atoms with E-state index in [1.54, 1.807) is 20.8 Å². The summed E-state index contributed by atoms with van der Waals surface area (Å²) in [5.74, 6) is -1.96. The van der Waals surface area contributed by atoms with Crippen molar-refractivity contribution < 1.29 is 24.2 Å². The number of hydrogen-bond acceptors (Lipinski definition) is 5. The zero-order chi connectivity index (χ0) is 12.3. The van der Waals surface area contributed by atoms with Gasteiger partial charge in [0.15, 0.2) is 11.6 Å². The van der Waals surface area contributed by atoms with E-state index in [4.69, 9.17) is 4.89 Å². The number of ketones is 2. The largest absolute Gasteiger partial charge is 0.377 e. The van der Waals surface area contributed by atoms with Gasteiger partial charge in [0.05, 0.1) is 0 Å². The summed E-state index contributed by atoms with van der Waals surface area (Å²) in [5, 5.41) is 0. The summed E-state index contributed by atoms with van der Waals surface area (Å²) in [7, 11) is 0. The van der Waals surface area contributed by atoms with Gasteiger partial charge in [0.2, 0.25) is 0 Å². The number of carbonyl (C=O) groups is 3. The molecule has 0 fully saturated rings. The molecule has 1 aliphatic rings. The van der Waals surface area contributed by atoms with Crippen molar-refractivity contribution in [2.24, 2.45) is 0 Å². The summed E-state index contributed by atoms with van der Waals surface area (Å²) in [4.78, 5) is 42.8. The molecular formula is C11H12O5. The van der Waals surface area contributed by atoms with Gasteiger partial charge in [-0.1, -0.05) is 0 Å². The fourth-order valence-corrected chi connectivity index (χ4v) is 0.876. The van der Waals surface area contributed by atoms with E-state index < -0.39 is 23.1 Å². The van der Waals surface area contributed by atoms with E-state index in [0.717, 1.165) is 18.2 Å². The SMILES string of the molecule is CC(C)(C)OOC(=O)C1=CC(=O)C=CC1=O. The van der Waals surface area contributed by atoms with E-state index in [1.165, 1.54) is 0 Å². The smallest absolute Gasteiger partial charge is 0.292 e. The molecule has 0 saturated carbocycles. The highest BCUT2D eigenvalue weighted by Gasteiger charge is 2.24. The second-order valence-corrected chi connectivity index (χ2v) is 4.22. The Bertz CT molecular complexity index is 395. The Morgan fingerprint density at radius 1 is 1.19 bits per heavy atom. The molecule has 0 heterocycles. The van der Waals surface area contributed by atoms with Gasteiger partial charge >= 0.3 is 5.97 Å². The minimum atomic E-state index is -0.961. The standard InChI is InChI=1S/C11H12O5/c1-11(2,3)16-15-10(14)8-6-7(12)4-5-9(8)13/h4-6H,1-3H3. The molecule has 0 saturated heterocycles. The molecular weight excluding hydrogens is 212 g/mol. The third-order valence-electron chi connectivity index (χ3n) is 1.54. The first-order valence-electron chi connectivity index (χ1n) is 4.68. The lowest BCUT2D eigenvalue weighted by atomic mass is 10.0. The molecule has 0 unspecified atom stereocenters. The molecule has 0 amide bonds. The lowest BCUT2D eigenvalue weighted by Gasteiger charge is -2.17. The molecule has 16 heavy (non-hydrogen) atoms. The van der Waals surface area contributed by atoms with Gasteiger partial charge < -0.3 is 0 Å². The zero-order valence-corrected chi connectivity index (χ0v) is 9.27. The Balaban J connectivity index is 2.68. The molecule has 0 spiro atoms. The fraction of sp³-hybridized carbons (Fsp3) is 0.364. The Labute approximate surface area is 92.6 Å². The molecule has 86 valence electrons. The highest BCUT2D eigenvalue weighted by molar-refractivity contribution is 6.28. The molecule has 0 N–H and O–H groups in total. The van der Waals surface area contributed by atoms with Crippen molar-refractivity contribution in [3.05, 3.63) is 23.8 Å². The molecule has 0 aliphatic heterocycles. The molecule has 1 rings (SSSR count). The lowest BCUT2D eigenvalue weighted by Crippen LogP contribution is -2.25. The molecule has 5 heteroatoms. The molecule has 0 aromatic rings. The van der Waals surface area contributed by atoms with E-state index in [-0.39, 0.29) is 5.57 Å². The van der Waals surface area contributed by atoms with Crippen LogP contribution in [0.4, 0.5) is 0 Å². The van der Waals surface area contributed by atoms with E-state index in [2.05, 4.69) is 4.89 Å². The third-order valence-corrected chi connectivity index (χ3v) is 1.54. The van der Waals surface area contributed by atoms with Crippen molar-refractivity contribution in [2.45, 2.75) is 26.4 Å². The van der Waals surface area contributed by atoms with Crippen molar-refractivity contribution in [3.63, 3.8) is 0 Å². The maximum atomic E-state index is 11.4. The van der Waals surface area contributed by atoms with Gasteiger partial charge in [-0.25, -0.2) is 4.79 Å². The number of carbonyl (C=O) groups excluding carboxylic acids is 3. The predicted octanol–water partition coefficient (Wildman–Crippen LogP) is 0.894. The second-order valence-electron chi connectivity index (χ2n) is 4.22. The summed E-state index contributed by atoms with van der Waals surface area (Å²) < 4.78 is 0. The van der Waals surface area contributed by atoms with Crippen molar-refractivity contribution in [1.29, 1.82) is 0 Å². The molecule has 0 atom stereocenters. The van der Waals surface area contributed by atoms with Crippen molar-refractivity contribution in [1.82, 2.24) is 0 Å². The molecule has 0 bridgehead atoms. The average molecular weight is 224 g/mol. The first-order valence-corrected chi connectivity index (χ1v) is 4.68. The van der Waals surface area contributed by atoms with Crippen molar-refractivity contribution in [2.75, 3.05) is 0 Å². The Kier molecular flexibility index (Phi) is 3.39. The van der Waals surface area contributed by atoms with Crippen LogP contribution >= 0.6 is 0 Å². The van der Waals surface area contributed by atoms with Crippen LogP contribution in [0.15, 0.2) is 23.8 Å². The van der Waals surface area contributed by atoms with Gasteiger partial charge in [0.25, 0.3) is 0 Å². The monoisotopic (exact) mass is 224 g/mol. The van der Waals surface area contributed by atoms with E-state index in [9.17, 15) is 14.4 Å². The maximum Gasteiger partial charge on any atom is 0.377 e. The third kappa shape index (κ3) is 3.43. The Hall–Kier alpha value is -1.75. The molecule has 0 aromatic heterocycles. The summed E-state index contributed by atoms with van der Waals surface area (Å²) in [6.07, 6.45) is 3.04. The summed E-state index contributed by atoms with van der Waals surface area (Å²) in [5.41, 5.74) is -0.995. The van der Waals surface area contributed by atoms with Crippen LogP contribution < -0.4 is 0 Å². The normalized spacial score (nSPS) is 16.1. The quantitative estimate of drug-likeness (QED) is 0.301. The van der Waals surface area contributed by atoms with Crippen LogP contribution in [0.3, 0.4) is 0 Å². The van der Waals surface area contributed by atoms with Gasteiger partial charge in [-0.3, -0.25) is 14.5 Å². The van der Waals surface area contributed by atoms with Gasteiger partial charge in [-0.2, -0.15) is 4.89 Å². The van der Waals surface area contributed by atoms with Crippen LogP contribution in [0.2, 0.25) is 0 Å². The zero-order valence-electron chi connectivity index (χ0n) is 9.27. The first kappa shape index (κ1) is 12.3. The summed E-state index contributed by atoms with van der Waals surface area (Å²) in [6.45, 7) is 5.05. The fourth-order valence-electron chi connectivity index (χ4n) is 0.876. The number of hydrogen-bond donors (Lipinski definition) is 0. The average Bonchev–Trinajstić information content (AvgIpc) is 2.17. The summed E-state index contributed by atoms with van der Waals surface area (Å²) in [6, 6.07) is 0. The van der Waals surface area contributed by atoms with Crippen LogP contribution in [-0.4, -0.2) is 23.1 Å². The molecule has 1 aliphatic carbocycles. The van der Waals surface area contributed by atoms with Crippen molar-refractivity contribution >= 4 is 17.5 Å². The van der Waals surface area contributed by atoms with Gasteiger partial charge in [0, 0.05) is 6.08 Å².